The summed E-state index contributed by atoms with van der Waals surface area (Å²) < 4.78 is 38.7. The largest absolute Gasteiger partial charge is 0.478 e. The molecule has 0 spiro atoms. The normalized spacial score (nSPS) is 15.8. The topological polar surface area (TPSA) is 49.3 Å². The Morgan fingerprint density at radius 3 is 2.48 bits per heavy atom. The fraction of sp³-hybridized carbons (Fsp3) is 0.316. The van der Waals surface area contributed by atoms with E-state index in [1.165, 1.54) is 18.2 Å². The van der Waals surface area contributed by atoms with Gasteiger partial charge in [-0.3, -0.25) is 0 Å². The highest BCUT2D eigenvalue weighted by Gasteiger charge is 2.44. The Balaban J connectivity index is 1.65. The Labute approximate surface area is 143 Å². The van der Waals surface area contributed by atoms with Crippen LogP contribution in [0.25, 0.3) is 0 Å². The zero-order valence-corrected chi connectivity index (χ0v) is 13.4. The molecule has 2 aromatic rings. The molecule has 1 fully saturated rings. The number of hydrogen-bond acceptors (Lipinski definition) is 2. The summed E-state index contributed by atoms with van der Waals surface area (Å²) in [4.78, 5) is 11.0. The Morgan fingerprint density at radius 2 is 1.84 bits per heavy atom. The molecule has 0 atom stereocenters. The van der Waals surface area contributed by atoms with Crippen LogP contribution in [0.3, 0.4) is 0 Å². The molecule has 1 aliphatic carbocycles. The fourth-order valence-corrected chi connectivity index (χ4v) is 3.00. The summed E-state index contributed by atoms with van der Waals surface area (Å²) in [5, 5.41) is 12.3. The van der Waals surface area contributed by atoms with Gasteiger partial charge in [0.1, 0.15) is 0 Å². The van der Waals surface area contributed by atoms with E-state index in [1.807, 2.05) is 6.07 Å². The molecule has 0 amide bonds. The lowest BCUT2D eigenvalue weighted by Crippen LogP contribution is -2.27. The van der Waals surface area contributed by atoms with Gasteiger partial charge in [0.05, 0.1) is 11.1 Å². The van der Waals surface area contributed by atoms with Gasteiger partial charge in [-0.15, -0.1) is 0 Å². The summed E-state index contributed by atoms with van der Waals surface area (Å²) in [6, 6.07) is 12.1. The third kappa shape index (κ3) is 4.02. The Hall–Kier alpha value is -2.34. The summed E-state index contributed by atoms with van der Waals surface area (Å²) in [6.45, 7) is 1.04. The van der Waals surface area contributed by atoms with E-state index in [0.29, 0.717) is 18.7 Å². The van der Waals surface area contributed by atoms with E-state index in [0.717, 1.165) is 24.5 Å². The van der Waals surface area contributed by atoms with Gasteiger partial charge >= 0.3 is 12.1 Å². The lowest BCUT2D eigenvalue weighted by Gasteiger charge is -2.18. The molecule has 132 valence electrons. The lowest BCUT2D eigenvalue weighted by molar-refractivity contribution is -0.137. The van der Waals surface area contributed by atoms with Crippen LogP contribution >= 0.6 is 0 Å². The minimum Gasteiger partial charge on any atom is -0.478 e. The molecular weight excluding hydrogens is 331 g/mol. The van der Waals surface area contributed by atoms with Gasteiger partial charge in [-0.05, 0) is 42.2 Å². The van der Waals surface area contributed by atoms with E-state index in [2.05, 4.69) is 5.32 Å². The summed E-state index contributed by atoms with van der Waals surface area (Å²) in [5.74, 6) is -0.982. The van der Waals surface area contributed by atoms with Crippen molar-refractivity contribution in [1.29, 1.82) is 0 Å². The molecule has 1 saturated carbocycles. The SMILES string of the molecule is O=C(O)c1cccc(CNCC2(c3cccc(C(F)(F)F)c3)CC2)c1. The lowest BCUT2D eigenvalue weighted by atomic mass is 9.94. The van der Waals surface area contributed by atoms with E-state index < -0.39 is 17.7 Å². The van der Waals surface area contributed by atoms with Crippen LogP contribution in [0.5, 0.6) is 0 Å². The van der Waals surface area contributed by atoms with Gasteiger partial charge in [0.2, 0.25) is 0 Å². The van der Waals surface area contributed by atoms with Crippen LogP contribution in [0, 0.1) is 0 Å². The summed E-state index contributed by atoms with van der Waals surface area (Å²) >= 11 is 0. The number of aromatic carboxylic acids is 1. The smallest absolute Gasteiger partial charge is 0.416 e. The number of nitrogens with one attached hydrogen (secondary N) is 1. The van der Waals surface area contributed by atoms with Crippen molar-refractivity contribution in [3.63, 3.8) is 0 Å². The highest BCUT2D eigenvalue weighted by molar-refractivity contribution is 5.87. The van der Waals surface area contributed by atoms with E-state index >= 15 is 0 Å². The third-order valence-electron chi connectivity index (χ3n) is 4.62. The maximum Gasteiger partial charge on any atom is 0.416 e. The van der Waals surface area contributed by atoms with Crippen LogP contribution in [-0.4, -0.2) is 17.6 Å². The molecule has 2 aromatic carbocycles. The van der Waals surface area contributed by atoms with Crippen molar-refractivity contribution in [2.45, 2.75) is 31.0 Å². The van der Waals surface area contributed by atoms with Crippen LogP contribution < -0.4 is 5.32 Å². The van der Waals surface area contributed by atoms with Crippen molar-refractivity contribution in [3.8, 4) is 0 Å². The third-order valence-corrected chi connectivity index (χ3v) is 4.62. The molecule has 25 heavy (non-hydrogen) atoms. The molecule has 3 nitrogen and oxygen atoms in total. The number of alkyl halides is 3. The Kier molecular flexibility index (Phi) is 4.56. The fourth-order valence-electron chi connectivity index (χ4n) is 3.00. The van der Waals surface area contributed by atoms with Gasteiger partial charge in [-0.25, -0.2) is 4.79 Å². The molecule has 6 heteroatoms. The summed E-state index contributed by atoms with van der Waals surface area (Å²) in [5.41, 5.74) is 0.878. The quantitative estimate of drug-likeness (QED) is 0.821. The maximum atomic E-state index is 12.9. The van der Waals surface area contributed by atoms with E-state index in [9.17, 15) is 18.0 Å². The molecule has 0 saturated heterocycles. The number of carboxylic acid groups (broad SMARTS) is 1. The van der Waals surface area contributed by atoms with Crippen molar-refractivity contribution in [2.75, 3.05) is 6.54 Å². The first kappa shape index (κ1) is 17.5. The van der Waals surface area contributed by atoms with Crippen molar-refractivity contribution >= 4 is 5.97 Å². The molecule has 0 radical (unpaired) electrons. The van der Waals surface area contributed by atoms with Crippen molar-refractivity contribution in [1.82, 2.24) is 5.32 Å². The number of benzene rings is 2. The molecule has 0 heterocycles. The van der Waals surface area contributed by atoms with Crippen molar-refractivity contribution in [2.24, 2.45) is 0 Å². The second-order valence-corrected chi connectivity index (χ2v) is 6.47. The predicted molar refractivity (Wildman–Crippen MR) is 87.5 cm³/mol. The van der Waals surface area contributed by atoms with Gasteiger partial charge in [0, 0.05) is 18.5 Å². The second kappa shape index (κ2) is 6.52. The molecule has 0 bridgehead atoms. The van der Waals surface area contributed by atoms with Crippen molar-refractivity contribution in [3.05, 3.63) is 70.8 Å². The average Bonchev–Trinajstić information content (AvgIpc) is 3.36. The van der Waals surface area contributed by atoms with Crippen LogP contribution in [-0.2, 0) is 18.1 Å². The van der Waals surface area contributed by atoms with Crippen LogP contribution in [0.4, 0.5) is 13.2 Å². The van der Waals surface area contributed by atoms with Crippen LogP contribution in [0.15, 0.2) is 48.5 Å². The summed E-state index contributed by atoms with van der Waals surface area (Å²) in [6.07, 6.45) is -2.65. The van der Waals surface area contributed by atoms with Gasteiger partial charge in [0.25, 0.3) is 0 Å². The first-order chi connectivity index (χ1) is 11.8. The predicted octanol–water partition coefficient (Wildman–Crippen LogP) is 4.23. The van der Waals surface area contributed by atoms with Gasteiger partial charge in [-0.2, -0.15) is 13.2 Å². The van der Waals surface area contributed by atoms with Crippen LogP contribution in [0.1, 0.15) is 39.9 Å². The van der Waals surface area contributed by atoms with Crippen molar-refractivity contribution < 1.29 is 23.1 Å². The first-order valence-corrected chi connectivity index (χ1v) is 8.01. The molecular formula is C19H18F3NO2. The minimum atomic E-state index is -4.34. The standard InChI is InChI=1S/C19H18F3NO2/c20-19(21,22)16-6-2-5-15(10-16)18(7-8-18)12-23-11-13-3-1-4-14(9-13)17(24)25/h1-6,9-10,23H,7-8,11-12H2,(H,24,25). The Morgan fingerprint density at radius 1 is 1.12 bits per heavy atom. The minimum absolute atomic E-state index is 0.221. The highest BCUT2D eigenvalue weighted by atomic mass is 19.4. The molecule has 0 aromatic heterocycles. The maximum absolute atomic E-state index is 12.9. The van der Waals surface area contributed by atoms with E-state index in [1.54, 1.807) is 18.2 Å². The Bertz CT molecular complexity index is 782. The van der Waals surface area contributed by atoms with Gasteiger partial charge < -0.3 is 10.4 Å². The van der Waals surface area contributed by atoms with Gasteiger partial charge in [-0.1, -0.05) is 30.3 Å². The zero-order chi connectivity index (χ0) is 18.1. The zero-order valence-electron chi connectivity index (χ0n) is 13.4. The average molecular weight is 349 g/mol. The number of hydrogen-bond donors (Lipinski definition) is 2. The molecule has 0 aliphatic heterocycles. The van der Waals surface area contributed by atoms with Gasteiger partial charge in [0.15, 0.2) is 0 Å². The number of halogens is 3. The monoisotopic (exact) mass is 349 g/mol. The molecule has 1 aliphatic rings. The molecule has 2 N–H and O–H groups in total. The highest BCUT2D eigenvalue weighted by Crippen LogP contribution is 2.48. The second-order valence-electron chi connectivity index (χ2n) is 6.47. The number of rotatable bonds is 6. The van der Waals surface area contributed by atoms with Crippen LogP contribution in [0.2, 0.25) is 0 Å². The number of carboxylic acids is 1. The molecule has 3 rings (SSSR count). The number of carbonyl (C=O) groups is 1. The first-order valence-electron chi connectivity index (χ1n) is 8.01. The van der Waals surface area contributed by atoms with E-state index in [-0.39, 0.29) is 11.0 Å². The molecule has 0 unspecified atom stereocenters. The summed E-state index contributed by atoms with van der Waals surface area (Å²) in [7, 11) is 0. The van der Waals surface area contributed by atoms with E-state index in [4.69, 9.17) is 5.11 Å².